The highest BCUT2D eigenvalue weighted by Crippen LogP contribution is 2.67. The van der Waals surface area contributed by atoms with E-state index in [4.69, 9.17) is 18.1 Å². The number of hydrogen-bond acceptors (Lipinski definition) is 7. The first-order chi connectivity index (χ1) is 22.5. The minimum atomic E-state index is -4.70. The van der Waals surface area contributed by atoms with Gasteiger partial charge in [0.2, 0.25) is 0 Å². The Morgan fingerprint density at radius 3 is 1.96 bits per heavy atom. The molecule has 0 aromatic heterocycles. The lowest BCUT2D eigenvalue weighted by atomic mass is 10.0. The van der Waals surface area contributed by atoms with E-state index in [1.807, 2.05) is 84.9 Å². The number of thioether (sulfide) groups is 1. The van der Waals surface area contributed by atoms with Gasteiger partial charge < -0.3 is 18.1 Å². The Morgan fingerprint density at radius 1 is 0.766 bits per heavy atom. The molecule has 6 nitrogen and oxygen atoms in total. The standard InChI is InChI=1S/C35H37BrF2O6P2S/c1-5-43-46(40,44-6-2)35(37,38)32-21-15-28(22-33(32)36)25-47-24-27-13-16-29(17-14-27)31-20-19-30(18-12-26-10-8-7-9-11-26)34(23-31)45(39,41-3)42-4/h7-23H,5-6,24-25H2,1-4H3. The van der Waals surface area contributed by atoms with E-state index < -0.39 is 26.4 Å². The molecule has 4 aromatic carbocycles. The highest BCUT2D eigenvalue weighted by atomic mass is 79.9. The first-order valence-corrected chi connectivity index (χ1v) is 19.9. The number of benzene rings is 4. The molecule has 12 heteroatoms. The predicted molar refractivity (Wildman–Crippen MR) is 192 cm³/mol. The van der Waals surface area contributed by atoms with Gasteiger partial charge in [-0.15, -0.1) is 0 Å². The molecule has 0 heterocycles. The summed E-state index contributed by atoms with van der Waals surface area (Å²) < 4.78 is 77.5. The van der Waals surface area contributed by atoms with Crippen molar-refractivity contribution in [2.75, 3.05) is 27.4 Å². The van der Waals surface area contributed by atoms with Crippen LogP contribution < -0.4 is 5.30 Å². The third-order valence-corrected chi connectivity index (χ3v) is 13.0. The molecule has 0 saturated heterocycles. The number of rotatable bonds is 16. The molecular formula is C35H37BrF2O6P2S. The first-order valence-electron chi connectivity index (χ1n) is 14.8. The molecule has 0 bridgehead atoms. The molecule has 0 fully saturated rings. The summed E-state index contributed by atoms with van der Waals surface area (Å²) in [7, 11) is -5.51. The van der Waals surface area contributed by atoms with Crippen LogP contribution in [0.25, 0.3) is 23.3 Å². The van der Waals surface area contributed by atoms with Crippen molar-refractivity contribution in [2.24, 2.45) is 0 Å². The third kappa shape index (κ3) is 9.00. The zero-order valence-corrected chi connectivity index (χ0v) is 30.7. The number of halogens is 3. The molecule has 250 valence electrons. The van der Waals surface area contributed by atoms with Crippen LogP contribution in [0.3, 0.4) is 0 Å². The Kier molecular flexibility index (Phi) is 13.4. The lowest BCUT2D eigenvalue weighted by molar-refractivity contribution is 0.0354. The second-order valence-electron chi connectivity index (χ2n) is 10.3. The molecule has 0 N–H and O–H groups in total. The van der Waals surface area contributed by atoms with Gasteiger partial charge in [0, 0.05) is 35.8 Å². The molecule has 0 atom stereocenters. The van der Waals surface area contributed by atoms with E-state index in [0.717, 1.165) is 33.4 Å². The van der Waals surface area contributed by atoms with Gasteiger partial charge in [0.05, 0.1) is 18.5 Å². The van der Waals surface area contributed by atoms with Gasteiger partial charge in [-0.25, -0.2) is 0 Å². The SMILES string of the molecule is CCOP(=O)(OCC)C(F)(F)c1ccc(CSCc2ccc(-c3ccc(C=Cc4ccccc4)c(P(=O)(OC)OC)c3)cc2)cc1Br. The fraction of sp³-hybridized carbons (Fsp3) is 0.257. The molecule has 4 aromatic rings. The van der Waals surface area contributed by atoms with E-state index in [1.54, 1.807) is 23.9 Å². The largest absolute Gasteiger partial charge is 0.404 e. The minimum absolute atomic E-state index is 0.136. The smallest absolute Gasteiger partial charge is 0.309 e. The lowest BCUT2D eigenvalue weighted by Crippen LogP contribution is -2.19. The summed E-state index contributed by atoms with van der Waals surface area (Å²) in [6.07, 6.45) is 3.85. The van der Waals surface area contributed by atoms with Crippen LogP contribution in [-0.4, -0.2) is 27.4 Å². The van der Waals surface area contributed by atoms with Crippen molar-refractivity contribution in [1.82, 2.24) is 0 Å². The maximum absolute atomic E-state index is 15.3. The molecule has 0 spiro atoms. The quantitative estimate of drug-likeness (QED) is 0.0831. The van der Waals surface area contributed by atoms with E-state index in [-0.39, 0.29) is 17.7 Å². The second-order valence-corrected chi connectivity index (χ2v) is 16.4. The van der Waals surface area contributed by atoms with E-state index in [1.165, 1.54) is 34.1 Å². The van der Waals surface area contributed by atoms with Crippen molar-refractivity contribution in [3.05, 3.63) is 123 Å². The summed E-state index contributed by atoms with van der Waals surface area (Å²) in [5, 5.41) is 0.473. The summed E-state index contributed by atoms with van der Waals surface area (Å²) in [6.45, 7) is 2.66. The van der Waals surface area contributed by atoms with Gasteiger partial charge >= 0.3 is 20.9 Å². The van der Waals surface area contributed by atoms with Crippen LogP contribution in [0, 0.1) is 0 Å². The van der Waals surface area contributed by atoms with E-state index >= 15 is 8.78 Å². The molecule has 0 saturated carbocycles. The maximum Gasteiger partial charge on any atom is 0.404 e. The van der Waals surface area contributed by atoms with Crippen molar-refractivity contribution in [1.29, 1.82) is 0 Å². The highest BCUT2D eigenvalue weighted by Gasteiger charge is 2.55. The maximum atomic E-state index is 15.3. The van der Waals surface area contributed by atoms with Gasteiger partial charge in [-0.3, -0.25) is 9.13 Å². The average Bonchev–Trinajstić information content (AvgIpc) is 3.08. The van der Waals surface area contributed by atoms with Crippen molar-refractivity contribution >= 4 is 60.3 Å². The van der Waals surface area contributed by atoms with Gasteiger partial charge in [-0.05, 0) is 59.4 Å². The van der Waals surface area contributed by atoms with Crippen molar-refractivity contribution in [3.63, 3.8) is 0 Å². The van der Waals surface area contributed by atoms with Gasteiger partial charge in [-0.2, -0.15) is 20.5 Å². The Hall–Kier alpha value is -2.39. The third-order valence-electron chi connectivity index (χ3n) is 7.19. The van der Waals surface area contributed by atoms with Gasteiger partial charge in [0.15, 0.2) is 0 Å². The molecule has 0 unspecified atom stereocenters. The molecule has 0 aliphatic carbocycles. The fourth-order valence-corrected chi connectivity index (χ4v) is 9.43. The van der Waals surface area contributed by atoms with Gasteiger partial charge in [0.25, 0.3) is 0 Å². The molecular weight excluding hydrogens is 728 g/mol. The van der Waals surface area contributed by atoms with E-state index in [9.17, 15) is 9.13 Å². The summed E-state index contributed by atoms with van der Waals surface area (Å²) in [5.74, 6) is 1.27. The van der Waals surface area contributed by atoms with Crippen LogP contribution in [0.4, 0.5) is 8.78 Å². The van der Waals surface area contributed by atoms with Crippen LogP contribution in [0.5, 0.6) is 0 Å². The molecule has 0 radical (unpaired) electrons. The Morgan fingerprint density at radius 2 is 1.36 bits per heavy atom. The zero-order chi connectivity index (χ0) is 34.1. The second kappa shape index (κ2) is 16.8. The van der Waals surface area contributed by atoms with Crippen LogP contribution >= 0.6 is 42.9 Å². The number of alkyl halides is 2. The predicted octanol–water partition coefficient (Wildman–Crippen LogP) is 11.1. The Balaban J connectivity index is 1.46. The Labute approximate surface area is 288 Å². The van der Waals surface area contributed by atoms with Crippen molar-refractivity contribution < 1.29 is 36.0 Å². The molecule has 0 amide bonds. The zero-order valence-electron chi connectivity index (χ0n) is 26.5. The Bertz CT molecular complexity index is 1750. The van der Waals surface area contributed by atoms with Crippen molar-refractivity contribution in [2.45, 2.75) is 31.0 Å². The minimum Gasteiger partial charge on any atom is -0.309 e. The van der Waals surface area contributed by atoms with Gasteiger partial charge in [0.1, 0.15) is 0 Å². The fourth-order valence-electron chi connectivity index (χ4n) is 4.78. The van der Waals surface area contributed by atoms with Crippen LogP contribution in [0.2, 0.25) is 0 Å². The van der Waals surface area contributed by atoms with Crippen LogP contribution in [0.1, 0.15) is 41.7 Å². The molecule has 0 aliphatic rings. The monoisotopic (exact) mass is 764 g/mol. The summed E-state index contributed by atoms with van der Waals surface area (Å²) in [6, 6.07) is 28.1. The van der Waals surface area contributed by atoms with Crippen molar-refractivity contribution in [3.8, 4) is 11.1 Å². The molecule has 4 rings (SSSR count). The summed E-state index contributed by atoms with van der Waals surface area (Å²) in [5.41, 5.74) is 1.21. The first kappa shape index (κ1) is 37.4. The summed E-state index contributed by atoms with van der Waals surface area (Å²) in [4.78, 5) is 0. The van der Waals surface area contributed by atoms with E-state index in [0.29, 0.717) is 16.8 Å². The normalized spacial score (nSPS) is 12.6. The topological polar surface area (TPSA) is 71.1 Å². The number of hydrogen-bond donors (Lipinski definition) is 0. The molecule has 47 heavy (non-hydrogen) atoms. The summed E-state index contributed by atoms with van der Waals surface area (Å²) >= 11 is 4.87. The van der Waals surface area contributed by atoms with Crippen LogP contribution in [0.15, 0.2) is 95.5 Å². The highest BCUT2D eigenvalue weighted by molar-refractivity contribution is 9.10. The van der Waals surface area contributed by atoms with Crippen LogP contribution in [-0.2, 0) is 44.4 Å². The lowest BCUT2D eigenvalue weighted by Gasteiger charge is -2.26. The van der Waals surface area contributed by atoms with E-state index in [2.05, 4.69) is 15.9 Å². The van der Waals surface area contributed by atoms with Gasteiger partial charge in [-0.1, -0.05) is 107 Å². The molecule has 0 aliphatic heterocycles. The average molecular weight is 766 g/mol.